The standard InChI is InChI=1S/C22H18Cl4O5S2/c1-2-30-21(29)22(11-32-9-12-3-5-14(23)7-16(12)25)19(18(27)20(28)31-22)33-10-13-4-6-15(24)8-17(13)26/h3-8,19H,2,9-11H2,1H3. The quantitative estimate of drug-likeness (QED) is 0.261. The Labute approximate surface area is 219 Å². The molecule has 1 aliphatic rings. The molecule has 0 aliphatic carbocycles. The van der Waals surface area contributed by atoms with Crippen LogP contribution in [0.3, 0.4) is 0 Å². The molecule has 0 bridgehead atoms. The van der Waals surface area contributed by atoms with E-state index in [1.54, 1.807) is 43.3 Å². The van der Waals surface area contributed by atoms with Gasteiger partial charge in [0.2, 0.25) is 5.60 Å². The first-order chi connectivity index (χ1) is 15.7. The Bertz CT molecular complexity index is 1080. The van der Waals surface area contributed by atoms with Gasteiger partial charge in [-0.15, -0.1) is 11.8 Å². The summed E-state index contributed by atoms with van der Waals surface area (Å²) in [5.41, 5.74) is -0.272. The lowest BCUT2D eigenvalue weighted by molar-refractivity contribution is -0.171. The van der Waals surface area contributed by atoms with E-state index in [0.29, 0.717) is 31.4 Å². The van der Waals surface area contributed by atoms with Crippen molar-refractivity contribution >= 4 is 87.6 Å². The Morgan fingerprint density at radius 2 is 1.58 bits per heavy atom. The van der Waals surface area contributed by atoms with E-state index in [1.165, 1.54) is 11.8 Å². The van der Waals surface area contributed by atoms with Gasteiger partial charge in [-0.05, 0) is 42.3 Å². The molecule has 0 saturated carbocycles. The number of Topliss-reactive ketones (excluding diaryl/α,β-unsaturated/α-hetero) is 1. The van der Waals surface area contributed by atoms with Gasteiger partial charge in [0, 0.05) is 37.3 Å². The van der Waals surface area contributed by atoms with Crippen molar-refractivity contribution in [3.05, 3.63) is 67.6 Å². The maximum absolute atomic E-state index is 13.0. The van der Waals surface area contributed by atoms with Crippen molar-refractivity contribution in [3.63, 3.8) is 0 Å². The van der Waals surface area contributed by atoms with Crippen LogP contribution in [0.5, 0.6) is 0 Å². The number of cyclic esters (lactones) is 1. The monoisotopic (exact) mass is 566 g/mol. The number of ether oxygens (including phenoxy) is 2. The molecule has 33 heavy (non-hydrogen) atoms. The van der Waals surface area contributed by atoms with Crippen LogP contribution in [0.2, 0.25) is 20.1 Å². The van der Waals surface area contributed by atoms with Gasteiger partial charge in [0.05, 0.1) is 6.61 Å². The molecule has 1 aliphatic heterocycles. The Hall–Kier alpha value is -1.09. The first kappa shape index (κ1) is 26.5. The summed E-state index contributed by atoms with van der Waals surface area (Å²) in [6.07, 6.45) is 0. The van der Waals surface area contributed by atoms with Gasteiger partial charge in [-0.3, -0.25) is 4.79 Å². The van der Waals surface area contributed by atoms with Crippen molar-refractivity contribution in [2.24, 2.45) is 0 Å². The zero-order chi connectivity index (χ0) is 24.2. The van der Waals surface area contributed by atoms with Crippen LogP contribution in [0.15, 0.2) is 36.4 Å². The van der Waals surface area contributed by atoms with Crippen LogP contribution in [0.1, 0.15) is 18.1 Å². The second-order valence-corrected chi connectivity index (χ2v) is 10.8. The fourth-order valence-corrected chi connectivity index (χ4v) is 6.90. The van der Waals surface area contributed by atoms with Gasteiger partial charge in [0.15, 0.2) is 0 Å². The number of ketones is 1. The van der Waals surface area contributed by atoms with Crippen LogP contribution in [0, 0.1) is 0 Å². The fraction of sp³-hybridized carbons (Fsp3) is 0.318. The van der Waals surface area contributed by atoms with E-state index >= 15 is 0 Å². The smallest absolute Gasteiger partial charge is 0.377 e. The third kappa shape index (κ3) is 6.13. The molecule has 1 fully saturated rings. The lowest BCUT2D eigenvalue weighted by atomic mass is 10.0. The second kappa shape index (κ2) is 11.6. The van der Waals surface area contributed by atoms with Crippen molar-refractivity contribution in [3.8, 4) is 0 Å². The van der Waals surface area contributed by atoms with Crippen LogP contribution < -0.4 is 0 Å². The van der Waals surface area contributed by atoms with Gasteiger partial charge >= 0.3 is 11.9 Å². The molecular weight excluding hydrogens is 550 g/mol. The normalized spacial score (nSPS) is 20.1. The lowest BCUT2D eigenvalue weighted by Crippen LogP contribution is -2.51. The summed E-state index contributed by atoms with van der Waals surface area (Å²) in [5, 5.41) is 0.778. The molecule has 2 atom stereocenters. The van der Waals surface area contributed by atoms with Crippen molar-refractivity contribution in [2.75, 3.05) is 12.4 Å². The molecule has 0 radical (unpaired) electrons. The van der Waals surface area contributed by atoms with Crippen molar-refractivity contribution in [1.29, 1.82) is 0 Å². The zero-order valence-corrected chi connectivity index (χ0v) is 21.9. The summed E-state index contributed by atoms with van der Waals surface area (Å²) in [7, 11) is 0. The van der Waals surface area contributed by atoms with Crippen LogP contribution in [-0.4, -0.2) is 40.9 Å². The third-order valence-corrected chi connectivity index (χ3v) is 8.50. The Morgan fingerprint density at radius 1 is 1.00 bits per heavy atom. The van der Waals surface area contributed by atoms with Crippen LogP contribution in [-0.2, 0) is 35.4 Å². The van der Waals surface area contributed by atoms with Gasteiger partial charge in [0.25, 0.3) is 5.78 Å². The van der Waals surface area contributed by atoms with E-state index in [2.05, 4.69) is 0 Å². The fourth-order valence-electron chi connectivity index (χ4n) is 3.13. The highest BCUT2D eigenvalue weighted by molar-refractivity contribution is 8.00. The summed E-state index contributed by atoms with van der Waals surface area (Å²) in [6, 6.07) is 10.1. The Morgan fingerprint density at radius 3 is 2.12 bits per heavy atom. The van der Waals surface area contributed by atoms with Gasteiger partial charge in [0.1, 0.15) is 5.25 Å². The van der Waals surface area contributed by atoms with Crippen molar-refractivity contribution in [2.45, 2.75) is 29.3 Å². The molecule has 5 nitrogen and oxygen atoms in total. The predicted octanol–water partition coefficient (Wildman–Crippen LogP) is 6.26. The molecule has 2 aromatic rings. The number of rotatable bonds is 9. The van der Waals surface area contributed by atoms with Gasteiger partial charge < -0.3 is 9.47 Å². The van der Waals surface area contributed by atoms with Crippen molar-refractivity contribution < 1.29 is 23.9 Å². The number of thioether (sulfide) groups is 2. The predicted molar refractivity (Wildman–Crippen MR) is 135 cm³/mol. The number of carbonyl (C=O) groups excluding carboxylic acids is 3. The topological polar surface area (TPSA) is 69.7 Å². The molecular formula is C22H18Cl4O5S2. The summed E-state index contributed by atoms with van der Waals surface area (Å²) < 4.78 is 10.6. The van der Waals surface area contributed by atoms with E-state index in [-0.39, 0.29) is 18.1 Å². The molecule has 0 spiro atoms. The molecule has 1 saturated heterocycles. The number of carbonyl (C=O) groups is 3. The molecule has 1 heterocycles. The first-order valence-corrected chi connectivity index (χ1v) is 13.4. The highest BCUT2D eigenvalue weighted by Crippen LogP contribution is 2.41. The van der Waals surface area contributed by atoms with Crippen LogP contribution in [0.25, 0.3) is 0 Å². The molecule has 3 rings (SSSR count). The van der Waals surface area contributed by atoms with Gasteiger partial charge in [-0.2, -0.15) is 11.8 Å². The molecule has 0 aromatic heterocycles. The summed E-state index contributed by atoms with van der Waals surface area (Å²) in [4.78, 5) is 38.0. The largest absolute Gasteiger partial charge is 0.463 e. The summed E-state index contributed by atoms with van der Waals surface area (Å²) >= 11 is 26.8. The molecule has 2 unspecified atom stereocenters. The van der Waals surface area contributed by atoms with Gasteiger partial charge in [-0.25, -0.2) is 9.59 Å². The zero-order valence-electron chi connectivity index (χ0n) is 17.2. The molecule has 0 N–H and O–H groups in total. The summed E-state index contributed by atoms with van der Waals surface area (Å²) in [5.74, 6) is -1.94. The molecule has 2 aromatic carbocycles. The second-order valence-electron chi connectivity index (χ2n) is 7.02. The lowest BCUT2D eigenvalue weighted by Gasteiger charge is -2.29. The number of hydrogen-bond acceptors (Lipinski definition) is 7. The number of halogens is 4. The third-order valence-electron chi connectivity index (χ3n) is 4.77. The SMILES string of the molecule is CCOC(=O)C1(CSCc2ccc(Cl)cc2Cl)OC(=O)C(=O)C1SCc1ccc(Cl)cc1Cl. The van der Waals surface area contributed by atoms with Crippen molar-refractivity contribution in [1.82, 2.24) is 0 Å². The van der Waals surface area contributed by atoms with Gasteiger partial charge in [-0.1, -0.05) is 58.5 Å². The van der Waals surface area contributed by atoms with E-state index < -0.39 is 28.6 Å². The van der Waals surface area contributed by atoms with E-state index in [4.69, 9.17) is 55.9 Å². The number of hydrogen-bond donors (Lipinski definition) is 0. The molecule has 176 valence electrons. The van der Waals surface area contributed by atoms with E-state index in [9.17, 15) is 14.4 Å². The number of esters is 2. The van der Waals surface area contributed by atoms with Crippen LogP contribution >= 0.6 is 69.9 Å². The van der Waals surface area contributed by atoms with Crippen LogP contribution in [0.4, 0.5) is 0 Å². The highest BCUT2D eigenvalue weighted by Gasteiger charge is 2.61. The molecule has 0 amide bonds. The minimum atomic E-state index is -1.77. The maximum Gasteiger partial charge on any atom is 0.377 e. The Balaban J connectivity index is 1.83. The Kier molecular flexibility index (Phi) is 9.29. The first-order valence-electron chi connectivity index (χ1n) is 9.69. The maximum atomic E-state index is 13.0. The average molecular weight is 568 g/mol. The van der Waals surface area contributed by atoms with E-state index in [1.807, 2.05) is 0 Å². The van der Waals surface area contributed by atoms with E-state index in [0.717, 1.165) is 17.3 Å². The highest BCUT2D eigenvalue weighted by atomic mass is 35.5. The average Bonchev–Trinajstić information content (AvgIpc) is 3.00. The number of benzene rings is 2. The molecule has 11 heteroatoms. The minimum absolute atomic E-state index is 0.00822. The minimum Gasteiger partial charge on any atom is -0.463 e. The summed E-state index contributed by atoms with van der Waals surface area (Å²) in [6.45, 7) is 1.71.